The number of hydrogen-bond acceptors (Lipinski definition) is 11. The molecule has 0 spiro atoms. The third-order valence-electron chi connectivity index (χ3n) is 7.61. The normalized spacial score (nSPS) is 25.4. The lowest BCUT2D eigenvalue weighted by atomic mass is 9.83. The molecule has 0 bridgehead atoms. The average molecular weight is 626 g/mol. The van der Waals surface area contributed by atoms with E-state index in [-0.39, 0.29) is 17.7 Å². The molecule has 12 nitrogen and oxygen atoms in total. The zero-order chi connectivity index (χ0) is 33.5. The summed E-state index contributed by atoms with van der Waals surface area (Å²) in [5.41, 5.74) is -1.25. The minimum Gasteiger partial charge on any atom is -0.508 e. The average Bonchev–Trinajstić information content (AvgIpc) is 3.00. The van der Waals surface area contributed by atoms with Gasteiger partial charge in [0.05, 0.1) is 0 Å². The van der Waals surface area contributed by atoms with E-state index in [1.54, 1.807) is 44.2 Å². The van der Waals surface area contributed by atoms with Crippen molar-refractivity contribution in [2.45, 2.75) is 84.8 Å². The third kappa shape index (κ3) is 8.68. The maximum absolute atomic E-state index is 13.8. The van der Waals surface area contributed by atoms with Gasteiger partial charge in [-0.15, -0.1) is 0 Å². The van der Waals surface area contributed by atoms with Crippen molar-refractivity contribution in [3.8, 4) is 5.75 Å². The van der Waals surface area contributed by atoms with Gasteiger partial charge in [0.2, 0.25) is 6.10 Å². The molecule has 0 aromatic heterocycles. The molecule has 12 heteroatoms. The first kappa shape index (κ1) is 34.7. The van der Waals surface area contributed by atoms with E-state index in [9.17, 15) is 33.9 Å². The van der Waals surface area contributed by atoms with Gasteiger partial charge in [0, 0.05) is 17.9 Å². The van der Waals surface area contributed by atoms with Crippen LogP contribution in [0.3, 0.4) is 0 Å². The van der Waals surface area contributed by atoms with Crippen LogP contribution in [-0.4, -0.2) is 71.1 Å². The number of rotatable bonds is 6. The van der Waals surface area contributed by atoms with Crippen LogP contribution in [0.2, 0.25) is 0 Å². The van der Waals surface area contributed by atoms with Gasteiger partial charge in [-0.05, 0) is 57.9 Å². The molecular weight excluding hydrogens is 586 g/mol. The summed E-state index contributed by atoms with van der Waals surface area (Å²) in [5.74, 6) is -6.68. The molecule has 1 saturated heterocycles. The second kappa shape index (κ2) is 14.8. The molecule has 1 unspecified atom stereocenters. The lowest BCUT2D eigenvalue weighted by Gasteiger charge is -2.30. The molecule has 2 aromatic carbocycles. The highest BCUT2D eigenvalue weighted by Crippen LogP contribution is 2.28. The number of ether oxygens (including phenoxy) is 4. The predicted molar refractivity (Wildman–Crippen MR) is 159 cm³/mol. The summed E-state index contributed by atoms with van der Waals surface area (Å²) < 4.78 is 22.0. The quantitative estimate of drug-likeness (QED) is 0.275. The fraction of sp³-hybridized carbons (Fsp3) is 0.455. The van der Waals surface area contributed by atoms with Gasteiger partial charge in [-0.2, -0.15) is 0 Å². The van der Waals surface area contributed by atoms with Gasteiger partial charge in [-0.3, -0.25) is 14.4 Å². The van der Waals surface area contributed by atoms with Crippen molar-refractivity contribution in [1.29, 1.82) is 0 Å². The van der Waals surface area contributed by atoms with Crippen molar-refractivity contribution in [2.24, 2.45) is 11.3 Å². The van der Waals surface area contributed by atoms with Gasteiger partial charge in [0.15, 0.2) is 24.0 Å². The van der Waals surface area contributed by atoms with Gasteiger partial charge < -0.3 is 29.4 Å². The van der Waals surface area contributed by atoms with Crippen LogP contribution in [-0.2, 0) is 49.3 Å². The molecular formula is C33H39NO11. The van der Waals surface area contributed by atoms with Gasteiger partial charge in [-0.25, -0.2) is 14.4 Å². The Morgan fingerprint density at radius 1 is 0.889 bits per heavy atom. The van der Waals surface area contributed by atoms with E-state index in [1.807, 2.05) is 0 Å². The van der Waals surface area contributed by atoms with Crippen LogP contribution in [0, 0.1) is 11.3 Å². The van der Waals surface area contributed by atoms with Gasteiger partial charge in [0.25, 0.3) is 5.91 Å². The van der Waals surface area contributed by atoms with Crippen LogP contribution in [0.1, 0.15) is 63.9 Å². The Kier molecular flexibility index (Phi) is 11.4. The second-order valence-corrected chi connectivity index (χ2v) is 11.5. The molecule has 1 amide bonds. The van der Waals surface area contributed by atoms with Gasteiger partial charge >= 0.3 is 23.9 Å². The molecule has 0 saturated carbocycles. The second-order valence-electron chi connectivity index (χ2n) is 11.5. The molecule has 242 valence electrons. The van der Waals surface area contributed by atoms with Crippen molar-refractivity contribution in [2.75, 3.05) is 0 Å². The summed E-state index contributed by atoms with van der Waals surface area (Å²) in [6, 6.07) is 12.3. The van der Waals surface area contributed by atoms with Crippen molar-refractivity contribution in [1.82, 2.24) is 5.32 Å². The minimum atomic E-state index is -1.87. The molecule has 0 aliphatic carbocycles. The molecule has 2 N–H and O–H groups in total. The number of ketones is 1. The Morgan fingerprint density at radius 3 is 2.18 bits per heavy atom. The smallest absolute Gasteiger partial charge is 0.348 e. The van der Waals surface area contributed by atoms with E-state index in [0.29, 0.717) is 12.0 Å². The van der Waals surface area contributed by atoms with Crippen LogP contribution in [0.4, 0.5) is 0 Å². The highest BCUT2D eigenvalue weighted by molar-refractivity contribution is 6.06. The molecule has 1 aliphatic rings. The summed E-state index contributed by atoms with van der Waals surface area (Å²) in [5, 5.41) is 12.2. The number of aromatic hydroxyl groups is 1. The third-order valence-corrected chi connectivity index (χ3v) is 7.61. The van der Waals surface area contributed by atoms with E-state index < -0.39 is 77.4 Å². The number of Topliss-reactive ketones (excluding diaryl/α,β-unsaturated/α-hetero) is 1. The summed E-state index contributed by atoms with van der Waals surface area (Å²) >= 11 is 0. The number of carbonyl (C=O) groups is 6. The molecule has 1 aliphatic heterocycles. The SMILES string of the molecule is CC[C@H](C)[C@@H]1OC(=O)C(C)(C)C(=O)C(Cc2ccccc2)OC(=O)[C@H](C)OC(=O)[C@@H](NC(=O)c2cccc(O)c2)[C@@H](C)OC1=O. The lowest BCUT2D eigenvalue weighted by Crippen LogP contribution is -2.52. The van der Waals surface area contributed by atoms with Crippen molar-refractivity contribution >= 4 is 35.6 Å². The number of nitrogens with one attached hydrogen (secondary N) is 1. The molecule has 1 heterocycles. The number of phenols is 1. The highest BCUT2D eigenvalue weighted by atomic mass is 16.6. The summed E-state index contributed by atoms with van der Waals surface area (Å²) in [7, 11) is 0. The van der Waals surface area contributed by atoms with Crippen LogP contribution in [0.25, 0.3) is 0 Å². The first-order valence-corrected chi connectivity index (χ1v) is 14.7. The standard InChI is InChI=1S/C33H39NO11/c1-7-18(2)26-31(40)42-19(3)25(34-28(37)22-14-11-15-23(35)17-22)30(39)43-20(4)29(38)44-24(16-21-12-9-8-10-13-21)27(36)33(5,6)32(41)45-26/h8-15,17-20,24-26,35H,7,16H2,1-6H3,(H,34,37)/t18-,19+,20-,24?,25-,26-/m0/s1. The Hall–Kier alpha value is -4.74. The summed E-state index contributed by atoms with van der Waals surface area (Å²) in [6.07, 6.45) is -5.64. The van der Waals surface area contributed by atoms with Crippen molar-refractivity contribution in [3.63, 3.8) is 0 Å². The largest absolute Gasteiger partial charge is 0.508 e. The first-order valence-electron chi connectivity index (χ1n) is 14.7. The number of carbonyl (C=O) groups excluding carboxylic acids is 6. The number of phenolic OH excluding ortho intramolecular Hbond substituents is 1. The van der Waals surface area contributed by atoms with Gasteiger partial charge in [-0.1, -0.05) is 50.2 Å². The fourth-order valence-corrected chi connectivity index (χ4v) is 4.48. The maximum atomic E-state index is 13.8. The highest BCUT2D eigenvalue weighted by Gasteiger charge is 2.47. The number of benzene rings is 2. The van der Waals surface area contributed by atoms with E-state index >= 15 is 0 Å². The Bertz CT molecular complexity index is 1420. The van der Waals surface area contributed by atoms with Crippen LogP contribution in [0.5, 0.6) is 5.75 Å². The first-order chi connectivity index (χ1) is 21.1. The van der Waals surface area contributed by atoms with Crippen molar-refractivity contribution < 1.29 is 52.8 Å². The Balaban J connectivity index is 2.04. The molecule has 1 fully saturated rings. The number of amides is 1. The monoisotopic (exact) mass is 625 g/mol. The van der Waals surface area contributed by atoms with E-state index in [1.165, 1.54) is 45.9 Å². The van der Waals surface area contributed by atoms with E-state index in [2.05, 4.69) is 5.32 Å². The zero-order valence-electron chi connectivity index (χ0n) is 26.1. The zero-order valence-corrected chi connectivity index (χ0v) is 26.1. The minimum absolute atomic E-state index is 0.0133. The molecule has 3 rings (SSSR count). The molecule has 0 radical (unpaired) electrons. The predicted octanol–water partition coefficient (Wildman–Crippen LogP) is 3.08. The van der Waals surface area contributed by atoms with Crippen LogP contribution < -0.4 is 5.32 Å². The van der Waals surface area contributed by atoms with Crippen LogP contribution >= 0.6 is 0 Å². The van der Waals surface area contributed by atoms with Crippen molar-refractivity contribution in [3.05, 3.63) is 65.7 Å². The molecule has 6 atom stereocenters. The topological polar surface area (TPSA) is 172 Å². The molecule has 45 heavy (non-hydrogen) atoms. The fourth-order valence-electron chi connectivity index (χ4n) is 4.48. The van der Waals surface area contributed by atoms with Gasteiger partial charge in [0.1, 0.15) is 17.3 Å². The number of hydrogen-bond donors (Lipinski definition) is 2. The van der Waals surface area contributed by atoms with E-state index in [0.717, 1.165) is 6.07 Å². The Labute approximate surface area is 261 Å². The maximum Gasteiger partial charge on any atom is 0.348 e. The van der Waals surface area contributed by atoms with Crippen LogP contribution in [0.15, 0.2) is 54.6 Å². The molecule has 2 aromatic rings. The number of esters is 4. The lowest BCUT2D eigenvalue weighted by molar-refractivity contribution is -0.183. The number of cyclic esters (lactones) is 4. The summed E-state index contributed by atoms with van der Waals surface area (Å²) in [6.45, 7) is 8.54. The van der Waals surface area contributed by atoms with E-state index in [4.69, 9.17) is 18.9 Å². The Morgan fingerprint density at radius 2 is 1.56 bits per heavy atom. The summed E-state index contributed by atoms with van der Waals surface area (Å²) in [4.78, 5) is 80.3.